The molecule has 0 fully saturated rings. The Bertz CT molecular complexity index is 528. The Morgan fingerprint density at radius 3 is 2.83 bits per heavy atom. The molecule has 18 heavy (non-hydrogen) atoms. The van der Waals surface area contributed by atoms with Gasteiger partial charge in [-0.15, -0.1) is 0 Å². The van der Waals surface area contributed by atoms with Crippen molar-refractivity contribution in [3.63, 3.8) is 0 Å². The molecule has 4 heteroatoms. The van der Waals surface area contributed by atoms with Crippen LogP contribution in [0, 0.1) is 0 Å². The van der Waals surface area contributed by atoms with Gasteiger partial charge in [-0.1, -0.05) is 12.1 Å². The van der Waals surface area contributed by atoms with Gasteiger partial charge in [-0.25, -0.2) is 4.98 Å². The van der Waals surface area contributed by atoms with Gasteiger partial charge >= 0.3 is 0 Å². The first-order valence-corrected chi connectivity index (χ1v) is 5.75. The first kappa shape index (κ1) is 12.2. The summed E-state index contributed by atoms with van der Waals surface area (Å²) in [7, 11) is 3.65. The molecule has 0 saturated heterocycles. The van der Waals surface area contributed by atoms with Crippen molar-refractivity contribution < 1.29 is 4.74 Å². The van der Waals surface area contributed by atoms with Gasteiger partial charge in [0.05, 0.1) is 7.11 Å². The molecule has 2 rings (SSSR count). The van der Waals surface area contributed by atoms with Gasteiger partial charge in [0.15, 0.2) is 0 Å². The fourth-order valence-electron chi connectivity index (χ4n) is 1.84. The van der Waals surface area contributed by atoms with E-state index in [1.165, 1.54) is 0 Å². The van der Waals surface area contributed by atoms with Gasteiger partial charge in [0.2, 0.25) is 5.88 Å². The van der Waals surface area contributed by atoms with E-state index in [9.17, 15) is 0 Å². The van der Waals surface area contributed by atoms with Gasteiger partial charge in [-0.3, -0.25) is 0 Å². The first-order valence-electron chi connectivity index (χ1n) is 5.75. The topological polar surface area (TPSA) is 51.4 Å². The predicted octanol–water partition coefficient (Wildman–Crippen LogP) is 2.31. The largest absolute Gasteiger partial charge is 0.481 e. The van der Waals surface area contributed by atoms with E-state index in [0.717, 1.165) is 23.5 Å². The van der Waals surface area contributed by atoms with Crippen LogP contribution in [-0.4, -0.2) is 19.1 Å². The lowest BCUT2D eigenvalue weighted by molar-refractivity contribution is 0.392. The van der Waals surface area contributed by atoms with E-state index in [2.05, 4.69) is 9.88 Å². The summed E-state index contributed by atoms with van der Waals surface area (Å²) in [4.78, 5) is 6.29. The molecule has 0 saturated carbocycles. The highest BCUT2D eigenvalue weighted by Crippen LogP contribution is 2.21. The second-order valence-corrected chi connectivity index (χ2v) is 4.12. The van der Waals surface area contributed by atoms with Crippen molar-refractivity contribution in [3.05, 3.63) is 48.2 Å². The third kappa shape index (κ3) is 2.71. The Morgan fingerprint density at radius 2 is 2.11 bits per heavy atom. The van der Waals surface area contributed by atoms with Crippen LogP contribution >= 0.6 is 0 Å². The lowest BCUT2D eigenvalue weighted by Crippen LogP contribution is -2.17. The predicted molar refractivity (Wildman–Crippen MR) is 73.8 cm³/mol. The molecule has 0 atom stereocenters. The van der Waals surface area contributed by atoms with E-state index in [0.29, 0.717) is 5.88 Å². The van der Waals surface area contributed by atoms with Crippen LogP contribution in [0.2, 0.25) is 0 Å². The zero-order valence-electron chi connectivity index (χ0n) is 10.6. The van der Waals surface area contributed by atoms with Crippen LogP contribution in [0.5, 0.6) is 5.88 Å². The SMILES string of the molecule is COc1ncccc1CN(C)c1cccc(N)c1. The monoisotopic (exact) mass is 243 g/mol. The average Bonchev–Trinajstić information content (AvgIpc) is 2.39. The number of anilines is 2. The van der Waals surface area contributed by atoms with Gasteiger partial charge in [0.1, 0.15) is 0 Å². The molecule has 94 valence electrons. The molecular formula is C14H17N3O. The van der Waals surface area contributed by atoms with E-state index in [1.54, 1.807) is 13.3 Å². The fourth-order valence-corrected chi connectivity index (χ4v) is 1.84. The number of nitrogens with two attached hydrogens (primary N) is 1. The highest BCUT2D eigenvalue weighted by atomic mass is 16.5. The molecular weight excluding hydrogens is 226 g/mol. The third-order valence-electron chi connectivity index (χ3n) is 2.76. The second kappa shape index (κ2) is 5.40. The molecule has 0 bridgehead atoms. The molecule has 1 heterocycles. The van der Waals surface area contributed by atoms with Crippen LogP contribution in [0.3, 0.4) is 0 Å². The normalized spacial score (nSPS) is 10.1. The van der Waals surface area contributed by atoms with Crippen LogP contribution in [0.25, 0.3) is 0 Å². The molecule has 0 spiro atoms. The number of nitrogen functional groups attached to an aromatic ring is 1. The number of pyridine rings is 1. The highest BCUT2D eigenvalue weighted by molar-refractivity contribution is 5.55. The molecule has 2 N–H and O–H groups in total. The smallest absolute Gasteiger partial charge is 0.218 e. The van der Waals surface area contributed by atoms with Crippen LogP contribution in [-0.2, 0) is 6.54 Å². The molecule has 0 radical (unpaired) electrons. The number of aromatic nitrogens is 1. The number of ether oxygens (including phenoxy) is 1. The standard InChI is InChI=1S/C14H17N3O/c1-17(13-7-3-6-12(15)9-13)10-11-5-4-8-16-14(11)18-2/h3-9H,10,15H2,1-2H3. The summed E-state index contributed by atoms with van der Waals surface area (Å²) in [6, 6.07) is 11.7. The molecule has 1 aromatic heterocycles. The lowest BCUT2D eigenvalue weighted by atomic mass is 10.2. The minimum Gasteiger partial charge on any atom is -0.481 e. The van der Waals surface area contributed by atoms with E-state index < -0.39 is 0 Å². The second-order valence-electron chi connectivity index (χ2n) is 4.12. The number of hydrogen-bond acceptors (Lipinski definition) is 4. The fraction of sp³-hybridized carbons (Fsp3) is 0.214. The van der Waals surface area contributed by atoms with Gasteiger partial charge in [-0.05, 0) is 24.3 Å². The van der Waals surface area contributed by atoms with Crippen molar-refractivity contribution in [3.8, 4) is 5.88 Å². The molecule has 0 aliphatic carbocycles. The van der Waals surface area contributed by atoms with Gasteiger partial charge in [0.25, 0.3) is 0 Å². The summed E-state index contributed by atoms with van der Waals surface area (Å²) in [5.74, 6) is 0.660. The third-order valence-corrected chi connectivity index (χ3v) is 2.76. The Morgan fingerprint density at radius 1 is 1.28 bits per heavy atom. The van der Waals surface area contributed by atoms with Crippen molar-refractivity contribution in [2.45, 2.75) is 6.54 Å². The molecule has 0 unspecified atom stereocenters. The number of hydrogen-bond donors (Lipinski definition) is 1. The van der Waals surface area contributed by atoms with E-state index in [1.807, 2.05) is 43.4 Å². The van der Waals surface area contributed by atoms with Crippen LogP contribution in [0.4, 0.5) is 11.4 Å². The molecule has 0 aliphatic heterocycles. The summed E-state index contributed by atoms with van der Waals surface area (Å²) in [6.45, 7) is 0.723. The highest BCUT2D eigenvalue weighted by Gasteiger charge is 2.07. The Labute approximate surface area is 107 Å². The van der Waals surface area contributed by atoms with Gasteiger partial charge in [-0.2, -0.15) is 0 Å². The number of methoxy groups -OCH3 is 1. The maximum absolute atomic E-state index is 5.78. The van der Waals surface area contributed by atoms with Gasteiger partial charge < -0.3 is 15.4 Å². The Balaban J connectivity index is 2.18. The van der Waals surface area contributed by atoms with Crippen molar-refractivity contribution in [2.24, 2.45) is 0 Å². The molecule has 0 amide bonds. The summed E-state index contributed by atoms with van der Waals surface area (Å²) >= 11 is 0. The first-order chi connectivity index (χ1) is 8.70. The number of benzene rings is 1. The van der Waals surface area contributed by atoms with Crippen molar-refractivity contribution in [1.29, 1.82) is 0 Å². The molecule has 2 aromatic rings. The zero-order valence-corrected chi connectivity index (χ0v) is 10.6. The van der Waals surface area contributed by atoms with Crippen LogP contribution in [0.1, 0.15) is 5.56 Å². The van der Waals surface area contributed by atoms with E-state index in [-0.39, 0.29) is 0 Å². The molecule has 1 aromatic carbocycles. The number of nitrogens with zero attached hydrogens (tertiary/aromatic N) is 2. The minimum absolute atomic E-state index is 0.660. The lowest BCUT2D eigenvalue weighted by Gasteiger charge is -2.20. The maximum Gasteiger partial charge on any atom is 0.218 e. The maximum atomic E-state index is 5.78. The summed E-state index contributed by atoms with van der Waals surface area (Å²) < 4.78 is 5.24. The van der Waals surface area contributed by atoms with Crippen molar-refractivity contribution >= 4 is 11.4 Å². The summed E-state index contributed by atoms with van der Waals surface area (Å²) in [5.41, 5.74) is 8.66. The Kier molecular flexibility index (Phi) is 3.67. The minimum atomic E-state index is 0.660. The average molecular weight is 243 g/mol. The van der Waals surface area contributed by atoms with Gasteiger partial charge in [0, 0.05) is 36.7 Å². The summed E-state index contributed by atoms with van der Waals surface area (Å²) in [5, 5.41) is 0. The van der Waals surface area contributed by atoms with Crippen molar-refractivity contribution in [1.82, 2.24) is 4.98 Å². The molecule has 0 aliphatic rings. The molecule has 4 nitrogen and oxygen atoms in total. The van der Waals surface area contributed by atoms with Crippen LogP contribution in [0.15, 0.2) is 42.6 Å². The quantitative estimate of drug-likeness (QED) is 0.837. The van der Waals surface area contributed by atoms with E-state index >= 15 is 0 Å². The van der Waals surface area contributed by atoms with Crippen molar-refractivity contribution in [2.75, 3.05) is 24.8 Å². The van der Waals surface area contributed by atoms with E-state index in [4.69, 9.17) is 10.5 Å². The Hall–Kier alpha value is -2.23. The summed E-state index contributed by atoms with van der Waals surface area (Å²) in [6.07, 6.45) is 1.73. The van der Waals surface area contributed by atoms with Crippen LogP contribution < -0.4 is 15.4 Å². The number of rotatable bonds is 4. The zero-order chi connectivity index (χ0) is 13.0.